The van der Waals surface area contributed by atoms with Gasteiger partial charge in [0, 0.05) is 35.0 Å². The van der Waals surface area contributed by atoms with Crippen LogP contribution in [0.3, 0.4) is 0 Å². The molecule has 0 aromatic heterocycles. The number of halogens is 1. The van der Waals surface area contributed by atoms with Crippen molar-refractivity contribution in [2.45, 2.75) is 35.4 Å². The van der Waals surface area contributed by atoms with E-state index < -0.39 is 4.87 Å². The number of nitrogens with one attached hydrogen (secondary N) is 1. The van der Waals surface area contributed by atoms with Crippen molar-refractivity contribution in [3.63, 3.8) is 0 Å². The molecule has 7 nitrogen and oxygen atoms in total. The molecule has 31 heavy (non-hydrogen) atoms. The number of ether oxygens (including phenoxy) is 1. The first-order valence-electron chi connectivity index (χ1n) is 10.0. The third kappa shape index (κ3) is 3.16. The minimum absolute atomic E-state index is 0.0339. The molecule has 0 spiro atoms. The zero-order valence-electron chi connectivity index (χ0n) is 16.8. The molecular weight excluding hydrogens is 438 g/mol. The van der Waals surface area contributed by atoms with Crippen LogP contribution in [-0.2, 0) is 14.4 Å². The fourth-order valence-electron chi connectivity index (χ4n) is 4.43. The van der Waals surface area contributed by atoms with Crippen LogP contribution in [-0.4, -0.2) is 36.2 Å². The van der Waals surface area contributed by atoms with Crippen molar-refractivity contribution in [1.29, 1.82) is 0 Å². The van der Waals surface area contributed by atoms with Gasteiger partial charge in [-0.15, -0.1) is 0 Å². The van der Waals surface area contributed by atoms with Gasteiger partial charge in [-0.25, -0.2) is 0 Å². The molecule has 9 heteroatoms. The second kappa shape index (κ2) is 7.46. The van der Waals surface area contributed by atoms with Gasteiger partial charge < -0.3 is 15.0 Å². The van der Waals surface area contributed by atoms with E-state index in [0.717, 1.165) is 11.3 Å². The van der Waals surface area contributed by atoms with Gasteiger partial charge in [-0.1, -0.05) is 23.4 Å². The summed E-state index contributed by atoms with van der Waals surface area (Å²) in [5.41, 5.74) is 1.85. The number of hydrogen-bond donors (Lipinski definition) is 1. The average Bonchev–Trinajstić information content (AvgIpc) is 3.42. The Labute approximate surface area is 188 Å². The highest BCUT2D eigenvalue weighted by atomic mass is 35.5. The highest BCUT2D eigenvalue weighted by Crippen LogP contribution is 2.56. The predicted molar refractivity (Wildman–Crippen MR) is 120 cm³/mol. The number of carbonyl (C=O) groups is 3. The number of amides is 3. The van der Waals surface area contributed by atoms with Gasteiger partial charge in [0.15, 0.2) is 4.87 Å². The molecule has 0 aliphatic carbocycles. The van der Waals surface area contributed by atoms with Gasteiger partial charge in [-0.3, -0.25) is 19.3 Å². The third-order valence-electron chi connectivity index (χ3n) is 5.88. The summed E-state index contributed by atoms with van der Waals surface area (Å²) in [7, 11) is 1.55. The van der Waals surface area contributed by atoms with Crippen molar-refractivity contribution >= 4 is 58.1 Å². The van der Waals surface area contributed by atoms with Gasteiger partial charge in [0.25, 0.3) is 5.91 Å². The monoisotopic (exact) mass is 457 g/mol. The third-order valence-corrected chi connectivity index (χ3v) is 7.59. The molecule has 0 radical (unpaired) electrons. The molecule has 2 saturated heterocycles. The summed E-state index contributed by atoms with van der Waals surface area (Å²) in [6.07, 6.45) is 1.98. The number of nitrogens with zero attached hydrogens (tertiary/aromatic N) is 2. The van der Waals surface area contributed by atoms with Crippen molar-refractivity contribution in [1.82, 2.24) is 0 Å². The van der Waals surface area contributed by atoms with E-state index in [-0.39, 0.29) is 17.7 Å². The highest BCUT2D eigenvalue weighted by molar-refractivity contribution is 8.02. The summed E-state index contributed by atoms with van der Waals surface area (Å²) < 4.78 is 5.43. The molecule has 3 amide bonds. The number of rotatable bonds is 4. The molecule has 1 atom stereocenters. The van der Waals surface area contributed by atoms with Crippen LogP contribution in [0, 0.1) is 0 Å². The molecule has 0 unspecified atom stereocenters. The molecular formula is C22H20ClN3O4S. The van der Waals surface area contributed by atoms with E-state index in [2.05, 4.69) is 5.32 Å². The zero-order valence-corrected chi connectivity index (χ0v) is 18.4. The van der Waals surface area contributed by atoms with Crippen LogP contribution in [0.1, 0.15) is 25.7 Å². The van der Waals surface area contributed by atoms with Crippen molar-refractivity contribution in [3.8, 4) is 5.75 Å². The molecule has 2 aromatic carbocycles. The number of fused-ring (bicyclic) bond motifs is 3. The van der Waals surface area contributed by atoms with E-state index in [1.807, 2.05) is 6.07 Å². The first kappa shape index (κ1) is 20.2. The maximum Gasteiger partial charge on any atom is 0.261 e. The molecule has 2 aromatic rings. The van der Waals surface area contributed by atoms with Gasteiger partial charge in [0.05, 0.1) is 18.5 Å². The first-order chi connectivity index (χ1) is 14.9. The van der Waals surface area contributed by atoms with Crippen LogP contribution >= 0.6 is 23.4 Å². The summed E-state index contributed by atoms with van der Waals surface area (Å²) in [6, 6.07) is 10.6. The maximum absolute atomic E-state index is 13.5. The minimum Gasteiger partial charge on any atom is -0.495 e. The topological polar surface area (TPSA) is 79.0 Å². The largest absolute Gasteiger partial charge is 0.495 e. The fraction of sp³-hybridized carbons (Fsp3) is 0.318. The van der Waals surface area contributed by atoms with Gasteiger partial charge in [-0.2, -0.15) is 0 Å². The summed E-state index contributed by atoms with van der Waals surface area (Å²) in [5.74, 6) is 0.231. The summed E-state index contributed by atoms with van der Waals surface area (Å²) in [4.78, 5) is 41.5. The number of methoxy groups -OCH3 is 1. The van der Waals surface area contributed by atoms with Crippen LogP contribution in [0.4, 0.5) is 17.1 Å². The van der Waals surface area contributed by atoms with Crippen molar-refractivity contribution in [3.05, 3.63) is 41.4 Å². The van der Waals surface area contributed by atoms with Crippen LogP contribution in [0.15, 0.2) is 41.3 Å². The van der Waals surface area contributed by atoms with E-state index in [1.54, 1.807) is 47.2 Å². The lowest BCUT2D eigenvalue weighted by molar-refractivity contribution is -0.121. The lowest BCUT2D eigenvalue weighted by Crippen LogP contribution is -2.49. The van der Waals surface area contributed by atoms with E-state index in [4.69, 9.17) is 16.3 Å². The average molecular weight is 458 g/mol. The normalized spacial score (nSPS) is 22.0. The molecule has 3 heterocycles. The lowest BCUT2D eigenvalue weighted by Gasteiger charge is -2.30. The SMILES string of the molecule is COc1ccc(NC(=O)[C@]23CCC(=O)N2c2cc(Cl)ccc2S3)cc1N1CCCC1=O. The minimum atomic E-state index is -1.05. The number of carbonyl (C=O) groups excluding carboxylic acids is 3. The Morgan fingerprint density at radius 2 is 1.97 bits per heavy atom. The van der Waals surface area contributed by atoms with Gasteiger partial charge in [-0.05, 0) is 49.2 Å². The van der Waals surface area contributed by atoms with E-state index in [9.17, 15) is 14.4 Å². The summed E-state index contributed by atoms with van der Waals surface area (Å²) in [6.45, 7) is 0.616. The van der Waals surface area contributed by atoms with Crippen molar-refractivity contribution in [2.24, 2.45) is 0 Å². The molecule has 2 fully saturated rings. The van der Waals surface area contributed by atoms with Crippen LogP contribution in [0.2, 0.25) is 5.02 Å². The molecule has 0 saturated carbocycles. The molecule has 3 aliphatic rings. The van der Waals surface area contributed by atoms with E-state index >= 15 is 0 Å². The van der Waals surface area contributed by atoms with Crippen molar-refractivity contribution in [2.75, 3.05) is 28.8 Å². The van der Waals surface area contributed by atoms with Crippen LogP contribution in [0.5, 0.6) is 5.75 Å². The molecule has 3 aliphatic heterocycles. The zero-order chi connectivity index (χ0) is 21.8. The predicted octanol–water partition coefficient (Wildman–Crippen LogP) is 4.04. The Bertz CT molecular complexity index is 1120. The summed E-state index contributed by atoms with van der Waals surface area (Å²) >= 11 is 7.52. The Morgan fingerprint density at radius 1 is 1.13 bits per heavy atom. The number of hydrogen-bond acceptors (Lipinski definition) is 5. The Morgan fingerprint density at radius 3 is 2.71 bits per heavy atom. The van der Waals surface area contributed by atoms with Gasteiger partial charge in [0.2, 0.25) is 11.8 Å². The molecule has 1 N–H and O–H groups in total. The Balaban J connectivity index is 1.46. The number of anilines is 3. The lowest BCUT2D eigenvalue weighted by atomic mass is 10.1. The fourth-order valence-corrected chi connectivity index (χ4v) is 5.99. The van der Waals surface area contributed by atoms with Gasteiger partial charge in [0.1, 0.15) is 5.75 Å². The smallest absolute Gasteiger partial charge is 0.261 e. The highest BCUT2D eigenvalue weighted by Gasteiger charge is 2.57. The van der Waals surface area contributed by atoms with E-state index in [1.165, 1.54) is 11.8 Å². The number of benzene rings is 2. The quantitative estimate of drug-likeness (QED) is 0.749. The van der Waals surface area contributed by atoms with E-state index in [0.29, 0.717) is 53.6 Å². The van der Waals surface area contributed by atoms with Crippen LogP contribution in [0.25, 0.3) is 0 Å². The summed E-state index contributed by atoms with van der Waals surface area (Å²) in [5, 5.41) is 3.48. The number of thioether (sulfide) groups is 1. The van der Waals surface area contributed by atoms with Crippen molar-refractivity contribution < 1.29 is 19.1 Å². The Hall–Kier alpha value is -2.71. The van der Waals surface area contributed by atoms with Crippen LogP contribution < -0.4 is 19.9 Å². The first-order valence-corrected chi connectivity index (χ1v) is 11.2. The standard InChI is InChI=1S/C22H20ClN3O4S/c1-30-17-6-5-14(12-15(17)25-10-2-3-19(25)27)24-21(29)22-9-8-20(28)26(22)16-11-13(23)4-7-18(16)31-22/h4-7,11-12H,2-3,8-10H2,1H3,(H,24,29)/t22-/m1/s1. The Kier molecular flexibility index (Phi) is 4.86. The molecule has 0 bridgehead atoms. The maximum atomic E-state index is 13.5. The molecule has 5 rings (SSSR count). The second-order valence-corrected chi connectivity index (χ2v) is 9.47. The molecule has 160 valence electrons. The van der Waals surface area contributed by atoms with Gasteiger partial charge >= 0.3 is 0 Å². The second-order valence-electron chi connectivity index (χ2n) is 7.72.